The van der Waals surface area contributed by atoms with Crippen molar-refractivity contribution in [3.05, 3.63) is 86.7 Å². The van der Waals surface area contributed by atoms with Crippen LogP contribution in [0.4, 0.5) is 4.39 Å². The van der Waals surface area contributed by atoms with Crippen molar-refractivity contribution in [1.29, 1.82) is 0 Å². The summed E-state index contributed by atoms with van der Waals surface area (Å²) in [7, 11) is 0. The fraction of sp³-hybridized carbons (Fsp3) is 0.250. The highest BCUT2D eigenvalue weighted by Crippen LogP contribution is 2.37. The molecule has 0 fully saturated rings. The van der Waals surface area contributed by atoms with Gasteiger partial charge in [-0.2, -0.15) is 5.10 Å². The number of fused-ring (bicyclic) bond motifs is 1. The lowest BCUT2D eigenvalue weighted by atomic mass is 9.97. The van der Waals surface area contributed by atoms with Gasteiger partial charge < -0.3 is 19.4 Å². The van der Waals surface area contributed by atoms with E-state index in [1.165, 1.54) is 12.1 Å². The van der Waals surface area contributed by atoms with Gasteiger partial charge in [-0.15, -0.1) is 0 Å². The minimum absolute atomic E-state index is 0.143. The van der Waals surface area contributed by atoms with Crippen LogP contribution in [0, 0.1) is 33.5 Å². The summed E-state index contributed by atoms with van der Waals surface area (Å²) in [6, 6.07) is 10.1. The standard InChI is InChI=1S/C28H28FN5O3/c1-14-9-19(29)10-15(2)26(14)37-23-8-7-18(28(5,6)36)11-21(23)34-13-16(3)25(35)24-22(34)12-20(31-24)27-30-17(4)32-33-27/h7-13,31,36H,1-6H3,(H,30,32,33). The molecule has 8 nitrogen and oxygen atoms in total. The van der Waals surface area contributed by atoms with E-state index in [2.05, 4.69) is 20.2 Å². The summed E-state index contributed by atoms with van der Waals surface area (Å²) in [5, 5.41) is 17.8. The third-order valence-electron chi connectivity index (χ3n) is 6.36. The van der Waals surface area contributed by atoms with Gasteiger partial charge in [0.05, 0.1) is 22.5 Å². The van der Waals surface area contributed by atoms with Crippen LogP contribution in [0.15, 0.2) is 47.4 Å². The molecular weight excluding hydrogens is 473 g/mol. The Labute approximate surface area is 212 Å². The summed E-state index contributed by atoms with van der Waals surface area (Å²) in [6.45, 7) is 10.5. The molecule has 5 rings (SSSR count). The smallest absolute Gasteiger partial charge is 0.208 e. The Morgan fingerprint density at radius 2 is 1.73 bits per heavy atom. The van der Waals surface area contributed by atoms with Gasteiger partial charge in [-0.1, -0.05) is 6.07 Å². The van der Waals surface area contributed by atoms with Crippen LogP contribution in [0.5, 0.6) is 11.5 Å². The van der Waals surface area contributed by atoms with Gasteiger partial charge in [-0.25, -0.2) is 9.37 Å². The largest absolute Gasteiger partial charge is 0.455 e. The molecule has 190 valence electrons. The first-order valence-corrected chi connectivity index (χ1v) is 11.9. The van der Waals surface area contributed by atoms with E-state index >= 15 is 0 Å². The zero-order valence-corrected chi connectivity index (χ0v) is 21.5. The number of nitrogens with one attached hydrogen (secondary N) is 2. The van der Waals surface area contributed by atoms with Crippen molar-refractivity contribution in [2.24, 2.45) is 0 Å². The van der Waals surface area contributed by atoms with E-state index in [-0.39, 0.29) is 11.2 Å². The quantitative estimate of drug-likeness (QED) is 0.295. The molecule has 0 aliphatic heterocycles. The third kappa shape index (κ3) is 4.42. The minimum atomic E-state index is -1.12. The lowest BCUT2D eigenvalue weighted by molar-refractivity contribution is 0.0785. The van der Waals surface area contributed by atoms with Gasteiger partial charge in [0, 0.05) is 11.8 Å². The number of aliphatic hydroxyl groups is 1. The van der Waals surface area contributed by atoms with Crippen LogP contribution in [-0.2, 0) is 5.60 Å². The highest BCUT2D eigenvalue weighted by Gasteiger charge is 2.22. The van der Waals surface area contributed by atoms with E-state index in [9.17, 15) is 14.3 Å². The topological polar surface area (TPSA) is 109 Å². The van der Waals surface area contributed by atoms with Crippen molar-refractivity contribution in [3.63, 3.8) is 0 Å². The lowest BCUT2D eigenvalue weighted by Gasteiger charge is -2.22. The molecule has 0 aliphatic carbocycles. The van der Waals surface area contributed by atoms with Crippen molar-refractivity contribution >= 4 is 11.0 Å². The molecule has 0 saturated carbocycles. The fourth-order valence-corrected chi connectivity index (χ4v) is 4.45. The van der Waals surface area contributed by atoms with Gasteiger partial charge in [0.25, 0.3) is 0 Å². The number of H-pyrrole nitrogens is 2. The number of aromatic amines is 2. The van der Waals surface area contributed by atoms with E-state index in [0.717, 1.165) is 0 Å². The highest BCUT2D eigenvalue weighted by molar-refractivity contribution is 5.84. The molecular formula is C28H28FN5O3. The monoisotopic (exact) mass is 501 g/mol. The van der Waals surface area contributed by atoms with Crippen LogP contribution < -0.4 is 10.2 Å². The summed E-state index contributed by atoms with van der Waals surface area (Å²) < 4.78 is 22.2. The molecule has 2 aromatic carbocycles. The Bertz CT molecular complexity index is 1700. The molecule has 0 unspecified atom stereocenters. The number of ether oxygens (including phenoxy) is 1. The zero-order chi connectivity index (χ0) is 26.6. The molecule has 0 spiro atoms. The number of rotatable bonds is 5. The molecule has 0 bridgehead atoms. The van der Waals surface area contributed by atoms with Crippen LogP contribution >= 0.6 is 0 Å². The Balaban J connectivity index is 1.77. The SMILES string of the molecule is Cc1nc(-c2cc3c([nH]2)c(=O)c(C)cn3-c2cc(C(C)(C)O)ccc2Oc2c(C)cc(F)cc2C)n[nH]1. The van der Waals surface area contributed by atoms with Crippen LogP contribution in [0.2, 0.25) is 0 Å². The van der Waals surface area contributed by atoms with Gasteiger partial charge in [0.2, 0.25) is 5.43 Å². The Morgan fingerprint density at radius 3 is 2.35 bits per heavy atom. The second-order valence-corrected chi connectivity index (χ2v) is 9.91. The molecule has 3 heterocycles. The summed E-state index contributed by atoms with van der Waals surface area (Å²) in [4.78, 5) is 20.6. The predicted molar refractivity (Wildman–Crippen MR) is 140 cm³/mol. The van der Waals surface area contributed by atoms with Crippen LogP contribution in [0.25, 0.3) is 28.2 Å². The number of aromatic nitrogens is 5. The number of hydrogen-bond acceptors (Lipinski definition) is 5. The van der Waals surface area contributed by atoms with E-state index < -0.39 is 5.60 Å². The molecule has 9 heteroatoms. The van der Waals surface area contributed by atoms with Crippen molar-refractivity contribution in [2.45, 2.75) is 47.1 Å². The summed E-state index contributed by atoms with van der Waals surface area (Å²) in [6.07, 6.45) is 1.74. The fourth-order valence-electron chi connectivity index (χ4n) is 4.45. The van der Waals surface area contributed by atoms with Crippen LogP contribution in [-0.4, -0.2) is 29.8 Å². The number of benzene rings is 2. The maximum Gasteiger partial charge on any atom is 0.208 e. The maximum absolute atomic E-state index is 13.9. The Kier molecular flexibility index (Phi) is 5.75. The summed E-state index contributed by atoms with van der Waals surface area (Å²) in [5.74, 6) is 1.78. The van der Waals surface area contributed by atoms with Crippen LogP contribution in [0.1, 0.15) is 41.9 Å². The van der Waals surface area contributed by atoms with E-state index in [1.54, 1.807) is 59.9 Å². The first kappa shape index (κ1) is 24.5. The number of pyridine rings is 1. The number of halogens is 1. The van der Waals surface area contributed by atoms with E-state index in [0.29, 0.717) is 67.8 Å². The molecule has 3 N–H and O–H groups in total. The molecule has 0 radical (unpaired) electrons. The summed E-state index contributed by atoms with van der Waals surface area (Å²) in [5.41, 5.74) is 3.39. The second kappa shape index (κ2) is 8.70. The van der Waals surface area contributed by atoms with Gasteiger partial charge in [0.15, 0.2) is 11.6 Å². The Morgan fingerprint density at radius 1 is 1.03 bits per heavy atom. The maximum atomic E-state index is 13.9. The van der Waals surface area contributed by atoms with Gasteiger partial charge in [-0.05, 0) is 88.6 Å². The lowest BCUT2D eigenvalue weighted by Crippen LogP contribution is -2.17. The number of aryl methyl sites for hydroxylation is 4. The van der Waals surface area contributed by atoms with Crippen molar-refractivity contribution < 1.29 is 14.2 Å². The average Bonchev–Trinajstić information content (AvgIpc) is 3.45. The third-order valence-corrected chi connectivity index (χ3v) is 6.36. The highest BCUT2D eigenvalue weighted by atomic mass is 19.1. The number of hydrogen-bond donors (Lipinski definition) is 3. The number of nitrogens with zero attached hydrogens (tertiary/aromatic N) is 3. The first-order valence-electron chi connectivity index (χ1n) is 11.9. The average molecular weight is 502 g/mol. The summed E-state index contributed by atoms with van der Waals surface area (Å²) >= 11 is 0. The van der Waals surface area contributed by atoms with Gasteiger partial charge >= 0.3 is 0 Å². The molecule has 37 heavy (non-hydrogen) atoms. The normalized spacial score (nSPS) is 11.9. The van der Waals surface area contributed by atoms with Crippen molar-refractivity contribution in [3.8, 4) is 28.7 Å². The van der Waals surface area contributed by atoms with Gasteiger partial charge in [0.1, 0.15) is 22.9 Å². The molecule has 3 aromatic heterocycles. The molecule has 0 saturated heterocycles. The van der Waals surface area contributed by atoms with Crippen molar-refractivity contribution in [1.82, 2.24) is 24.7 Å². The molecule has 5 aromatic rings. The first-order chi connectivity index (χ1) is 17.4. The van der Waals surface area contributed by atoms with E-state index in [1.807, 2.05) is 16.7 Å². The predicted octanol–water partition coefficient (Wildman–Crippen LogP) is 5.50. The molecule has 0 aliphatic rings. The van der Waals surface area contributed by atoms with Crippen molar-refractivity contribution in [2.75, 3.05) is 0 Å². The Hall–Kier alpha value is -4.24. The minimum Gasteiger partial charge on any atom is -0.455 e. The zero-order valence-electron chi connectivity index (χ0n) is 21.5. The van der Waals surface area contributed by atoms with Crippen LogP contribution in [0.3, 0.4) is 0 Å². The van der Waals surface area contributed by atoms with Gasteiger partial charge in [-0.3, -0.25) is 9.89 Å². The van der Waals surface area contributed by atoms with E-state index in [4.69, 9.17) is 4.74 Å². The molecule has 0 atom stereocenters. The molecule has 0 amide bonds. The second-order valence-electron chi connectivity index (χ2n) is 9.91.